The van der Waals surface area contributed by atoms with E-state index in [0.717, 1.165) is 0 Å². The molecule has 0 aliphatic carbocycles. The Kier molecular flexibility index (Phi) is 5.47. The van der Waals surface area contributed by atoms with Crippen LogP contribution in [0.5, 0.6) is 0 Å². The van der Waals surface area contributed by atoms with Crippen molar-refractivity contribution in [3.8, 4) is 0 Å². The Bertz CT molecular complexity index is 206. The number of hydrogen-bond acceptors (Lipinski definition) is 3. The van der Waals surface area contributed by atoms with Crippen molar-refractivity contribution in [3.63, 3.8) is 0 Å². The third kappa shape index (κ3) is 5.61. The number of allylic oxidation sites excluding steroid dienone is 1. The van der Waals surface area contributed by atoms with Crippen molar-refractivity contribution in [1.82, 2.24) is 0 Å². The second-order valence-corrected chi connectivity index (χ2v) is 2.79. The predicted molar refractivity (Wildman–Crippen MR) is 50.7 cm³/mol. The molecule has 0 unspecified atom stereocenters. The fourth-order valence-corrected chi connectivity index (χ4v) is 0.778. The van der Waals surface area contributed by atoms with Crippen LogP contribution in [0.3, 0.4) is 0 Å². The maximum Gasteiger partial charge on any atom is 0.165 e. The lowest BCUT2D eigenvalue weighted by Gasteiger charge is -1.91. The minimum Gasteiger partial charge on any atom is -0.294 e. The largest absolute Gasteiger partial charge is 0.294 e. The van der Waals surface area contributed by atoms with Crippen molar-refractivity contribution < 1.29 is 4.79 Å². The van der Waals surface area contributed by atoms with Crippen molar-refractivity contribution in [2.24, 2.45) is 4.99 Å². The molecule has 0 heterocycles. The van der Waals surface area contributed by atoms with Gasteiger partial charge in [-0.15, -0.1) is 0 Å². The molecule has 60 valence electrons. The van der Waals surface area contributed by atoms with E-state index in [-0.39, 0.29) is 5.78 Å². The van der Waals surface area contributed by atoms with Crippen LogP contribution < -0.4 is 0 Å². The maximum atomic E-state index is 10.6. The van der Waals surface area contributed by atoms with Crippen LogP contribution in [0.15, 0.2) is 28.1 Å². The zero-order valence-electron chi connectivity index (χ0n) is 6.70. The Morgan fingerprint density at radius 3 is 2.73 bits per heavy atom. The smallest absolute Gasteiger partial charge is 0.165 e. The minimum atomic E-state index is 0.000119. The van der Waals surface area contributed by atoms with Crippen molar-refractivity contribution in [2.45, 2.75) is 13.8 Å². The predicted octanol–water partition coefficient (Wildman–Crippen LogP) is 2.38. The van der Waals surface area contributed by atoms with Gasteiger partial charge in [-0.2, -0.15) is 0 Å². The Labute approximate surface area is 71.1 Å². The van der Waals surface area contributed by atoms with E-state index in [0.29, 0.717) is 4.91 Å². The summed E-state index contributed by atoms with van der Waals surface area (Å²) in [6.07, 6.45) is 3.30. The first kappa shape index (κ1) is 10.2. The molecule has 0 aromatic rings. The van der Waals surface area contributed by atoms with Gasteiger partial charge in [0.05, 0.1) is 0 Å². The number of Topliss-reactive ketones (excluding diaryl/α,β-unsaturated/α-hetero) is 1. The molecule has 0 amide bonds. The maximum absolute atomic E-state index is 10.6. The van der Waals surface area contributed by atoms with Gasteiger partial charge < -0.3 is 0 Å². The molecule has 11 heavy (non-hydrogen) atoms. The molecule has 0 aromatic carbocycles. The number of ketones is 1. The average Bonchev–Trinajstić information content (AvgIpc) is 1.97. The zero-order valence-corrected chi connectivity index (χ0v) is 7.52. The van der Waals surface area contributed by atoms with Crippen LogP contribution in [0.2, 0.25) is 0 Å². The molecule has 0 rings (SSSR count). The van der Waals surface area contributed by atoms with E-state index in [1.54, 1.807) is 17.8 Å². The van der Waals surface area contributed by atoms with Crippen LogP contribution in [-0.2, 0) is 4.79 Å². The number of aliphatic imine (C=N–C) groups is 1. The van der Waals surface area contributed by atoms with E-state index in [4.69, 9.17) is 0 Å². The molecule has 0 atom stereocenters. The SMILES string of the molecule is C=C(SC=CN=CC)C(C)=O. The highest BCUT2D eigenvalue weighted by Gasteiger charge is 1.95. The Morgan fingerprint density at radius 2 is 2.27 bits per heavy atom. The number of rotatable bonds is 4. The van der Waals surface area contributed by atoms with E-state index in [9.17, 15) is 4.79 Å². The van der Waals surface area contributed by atoms with Crippen LogP contribution >= 0.6 is 11.8 Å². The molecular weight excluding hydrogens is 158 g/mol. The third-order valence-electron chi connectivity index (χ3n) is 0.899. The summed E-state index contributed by atoms with van der Waals surface area (Å²) in [6, 6.07) is 0. The zero-order chi connectivity index (χ0) is 8.69. The Morgan fingerprint density at radius 1 is 1.64 bits per heavy atom. The summed E-state index contributed by atoms with van der Waals surface area (Å²) >= 11 is 1.29. The van der Waals surface area contributed by atoms with Gasteiger partial charge in [0.1, 0.15) is 0 Å². The fraction of sp³-hybridized carbons (Fsp3) is 0.250. The summed E-state index contributed by atoms with van der Waals surface area (Å²) in [5.41, 5.74) is 0. The van der Waals surface area contributed by atoms with Crippen LogP contribution in [0.4, 0.5) is 0 Å². The summed E-state index contributed by atoms with van der Waals surface area (Å²) in [5, 5.41) is 1.73. The van der Waals surface area contributed by atoms with Gasteiger partial charge in [-0.05, 0) is 19.3 Å². The lowest BCUT2D eigenvalue weighted by molar-refractivity contribution is -0.112. The van der Waals surface area contributed by atoms with Crippen molar-refractivity contribution in [2.75, 3.05) is 0 Å². The first-order valence-corrected chi connectivity index (χ1v) is 4.05. The average molecular weight is 169 g/mol. The first-order chi connectivity index (χ1) is 5.18. The van der Waals surface area contributed by atoms with Crippen molar-refractivity contribution in [1.29, 1.82) is 0 Å². The molecular formula is C8H11NOS. The first-order valence-electron chi connectivity index (χ1n) is 3.17. The van der Waals surface area contributed by atoms with E-state index in [1.807, 2.05) is 6.92 Å². The number of carbonyl (C=O) groups excluding carboxylic acids is 1. The highest BCUT2D eigenvalue weighted by atomic mass is 32.2. The molecule has 0 radical (unpaired) electrons. The van der Waals surface area contributed by atoms with E-state index >= 15 is 0 Å². The minimum absolute atomic E-state index is 0.000119. The highest BCUT2D eigenvalue weighted by molar-refractivity contribution is 8.06. The van der Waals surface area contributed by atoms with Crippen molar-refractivity contribution in [3.05, 3.63) is 23.1 Å². The van der Waals surface area contributed by atoms with Crippen molar-refractivity contribution >= 4 is 23.8 Å². The van der Waals surface area contributed by atoms with Crippen LogP contribution in [0.25, 0.3) is 0 Å². The second kappa shape index (κ2) is 5.92. The topological polar surface area (TPSA) is 29.4 Å². The normalized spacial score (nSPS) is 11.1. The standard InChI is InChI=1S/C8H11NOS/c1-4-9-5-6-11-8(3)7(2)10/h4-6H,3H2,1-2H3. The summed E-state index contributed by atoms with van der Waals surface area (Å²) < 4.78 is 0. The fourth-order valence-electron chi connectivity index (χ4n) is 0.317. The quantitative estimate of drug-likeness (QED) is 0.477. The van der Waals surface area contributed by atoms with Gasteiger partial charge >= 0.3 is 0 Å². The van der Waals surface area contributed by atoms with Gasteiger partial charge in [0.2, 0.25) is 0 Å². The van der Waals surface area contributed by atoms with Gasteiger partial charge in [0, 0.05) is 17.3 Å². The lowest BCUT2D eigenvalue weighted by Crippen LogP contribution is -1.87. The summed E-state index contributed by atoms with van der Waals surface area (Å²) in [4.78, 5) is 15.0. The van der Waals surface area contributed by atoms with Gasteiger partial charge in [-0.25, -0.2) is 0 Å². The highest BCUT2D eigenvalue weighted by Crippen LogP contribution is 2.14. The van der Waals surface area contributed by atoms with Gasteiger partial charge in [-0.1, -0.05) is 18.3 Å². The van der Waals surface area contributed by atoms with Crippen LogP contribution in [0, 0.1) is 0 Å². The van der Waals surface area contributed by atoms with E-state index in [1.165, 1.54) is 18.7 Å². The number of thioether (sulfide) groups is 1. The summed E-state index contributed by atoms with van der Waals surface area (Å²) in [6.45, 7) is 6.88. The molecule has 0 bridgehead atoms. The van der Waals surface area contributed by atoms with E-state index < -0.39 is 0 Å². The number of hydrogen-bond donors (Lipinski definition) is 0. The number of carbonyl (C=O) groups is 1. The van der Waals surface area contributed by atoms with Gasteiger partial charge in [-0.3, -0.25) is 9.79 Å². The molecule has 3 heteroatoms. The number of nitrogens with zero attached hydrogens (tertiary/aromatic N) is 1. The molecule has 0 aliphatic rings. The van der Waals surface area contributed by atoms with Crippen LogP contribution in [-0.4, -0.2) is 12.0 Å². The molecule has 0 aromatic heterocycles. The molecule has 0 saturated carbocycles. The molecule has 0 N–H and O–H groups in total. The monoisotopic (exact) mass is 169 g/mol. The Hall–Kier alpha value is -0.830. The lowest BCUT2D eigenvalue weighted by atomic mass is 10.4. The van der Waals surface area contributed by atoms with Crippen LogP contribution in [0.1, 0.15) is 13.8 Å². The summed E-state index contributed by atoms with van der Waals surface area (Å²) in [7, 11) is 0. The summed E-state index contributed by atoms with van der Waals surface area (Å²) in [5.74, 6) is 0.000119. The molecule has 2 nitrogen and oxygen atoms in total. The Balaban J connectivity index is 3.71. The molecule has 0 aliphatic heterocycles. The van der Waals surface area contributed by atoms with Gasteiger partial charge in [0.25, 0.3) is 0 Å². The second-order valence-electron chi connectivity index (χ2n) is 1.79. The third-order valence-corrected chi connectivity index (χ3v) is 1.73. The molecule has 0 fully saturated rings. The van der Waals surface area contributed by atoms with Gasteiger partial charge in [0.15, 0.2) is 5.78 Å². The van der Waals surface area contributed by atoms with E-state index in [2.05, 4.69) is 11.6 Å². The molecule has 0 spiro atoms. The molecule has 0 saturated heterocycles.